The summed E-state index contributed by atoms with van der Waals surface area (Å²) in [6.07, 6.45) is -4.09. The smallest absolute Gasteiger partial charge is 0.434 e. The van der Waals surface area contributed by atoms with Gasteiger partial charge in [-0.3, -0.25) is 4.79 Å². The van der Waals surface area contributed by atoms with Crippen LogP contribution in [0.4, 0.5) is 22.0 Å². The second-order valence-corrected chi connectivity index (χ2v) is 6.78. The van der Waals surface area contributed by atoms with Crippen LogP contribution in [0, 0.1) is 0 Å². The summed E-state index contributed by atoms with van der Waals surface area (Å²) in [5.74, 6) is -1.30. The first kappa shape index (κ1) is 23.3. The predicted molar refractivity (Wildman–Crippen MR) is 104 cm³/mol. The van der Waals surface area contributed by atoms with Crippen LogP contribution < -0.4 is 14.8 Å². The summed E-state index contributed by atoms with van der Waals surface area (Å²) < 4.78 is 76.1. The number of hydrogen-bond acceptors (Lipinski definition) is 4. The van der Waals surface area contributed by atoms with E-state index in [1.54, 1.807) is 0 Å². The van der Waals surface area contributed by atoms with Crippen molar-refractivity contribution in [1.82, 2.24) is 15.1 Å². The first-order valence-corrected chi connectivity index (χ1v) is 9.29. The minimum Gasteiger partial charge on any atom is -0.493 e. The minimum absolute atomic E-state index is 0.0315. The minimum atomic E-state index is -4.89. The Labute approximate surface area is 183 Å². The number of nitrogens with zero attached hydrogens (tertiary/aromatic N) is 2. The number of halogens is 6. The Morgan fingerprint density at radius 1 is 1.16 bits per heavy atom. The Bertz CT molecular complexity index is 1100. The molecule has 2 aromatic carbocycles. The molecule has 0 bridgehead atoms. The molecule has 0 aliphatic rings. The number of benzene rings is 2. The molecule has 12 heteroatoms. The quantitative estimate of drug-likeness (QED) is 0.484. The number of carbonyl (C=O) groups excluding carboxylic acids is 1. The molecular weight excluding hydrogens is 461 g/mol. The van der Waals surface area contributed by atoms with E-state index in [0.29, 0.717) is 15.3 Å². The van der Waals surface area contributed by atoms with Gasteiger partial charge in [-0.25, -0.2) is 4.68 Å². The van der Waals surface area contributed by atoms with Crippen molar-refractivity contribution in [3.05, 3.63) is 70.5 Å². The topological polar surface area (TPSA) is 65.4 Å². The fraction of sp³-hybridized carbons (Fsp3) is 0.200. The lowest BCUT2D eigenvalue weighted by Gasteiger charge is -2.14. The standard InChI is InChI=1S/C20H15ClF5N3O3/c1-31-15-7-2-11(8-16(15)32-19(22)23)9-27-18(30)14-10-28-29(17(14)20(24,25)26)13-5-3-12(21)4-6-13/h2-8,10,19H,9H2,1H3,(H,27,30). The highest BCUT2D eigenvalue weighted by atomic mass is 35.5. The summed E-state index contributed by atoms with van der Waals surface area (Å²) in [6, 6.07) is 9.40. The van der Waals surface area contributed by atoms with Gasteiger partial charge in [0.2, 0.25) is 0 Å². The Kier molecular flexibility index (Phi) is 6.87. The van der Waals surface area contributed by atoms with Crippen LogP contribution in [0.15, 0.2) is 48.7 Å². The van der Waals surface area contributed by atoms with Gasteiger partial charge in [0.05, 0.1) is 24.6 Å². The van der Waals surface area contributed by atoms with Crippen LogP contribution in [-0.4, -0.2) is 29.4 Å². The maximum Gasteiger partial charge on any atom is 0.434 e. The van der Waals surface area contributed by atoms with E-state index < -0.39 is 30.0 Å². The lowest BCUT2D eigenvalue weighted by molar-refractivity contribution is -0.143. The number of nitrogens with one attached hydrogen (secondary N) is 1. The summed E-state index contributed by atoms with van der Waals surface area (Å²) in [4.78, 5) is 12.5. The maximum absolute atomic E-state index is 13.7. The van der Waals surface area contributed by atoms with Crippen molar-refractivity contribution in [2.75, 3.05) is 7.11 Å². The van der Waals surface area contributed by atoms with Gasteiger partial charge in [-0.2, -0.15) is 27.1 Å². The first-order chi connectivity index (χ1) is 15.1. The van der Waals surface area contributed by atoms with Crippen molar-refractivity contribution >= 4 is 17.5 Å². The van der Waals surface area contributed by atoms with Gasteiger partial charge in [-0.15, -0.1) is 0 Å². The number of alkyl halides is 5. The van der Waals surface area contributed by atoms with Gasteiger partial charge in [0.25, 0.3) is 5.91 Å². The molecule has 1 aromatic heterocycles. The molecule has 0 spiro atoms. The zero-order chi connectivity index (χ0) is 23.5. The van der Waals surface area contributed by atoms with Gasteiger partial charge in [0, 0.05) is 11.6 Å². The highest BCUT2D eigenvalue weighted by Crippen LogP contribution is 2.34. The molecule has 0 radical (unpaired) electrons. The second kappa shape index (κ2) is 9.43. The van der Waals surface area contributed by atoms with Crippen molar-refractivity contribution in [3.63, 3.8) is 0 Å². The van der Waals surface area contributed by atoms with Gasteiger partial charge < -0.3 is 14.8 Å². The van der Waals surface area contributed by atoms with Gasteiger partial charge >= 0.3 is 12.8 Å². The molecule has 1 heterocycles. The first-order valence-electron chi connectivity index (χ1n) is 8.91. The Balaban J connectivity index is 1.85. The average molecular weight is 476 g/mol. The van der Waals surface area contributed by atoms with Crippen molar-refractivity contribution in [3.8, 4) is 17.2 Å². The van der Waals surface area contributed by atoms with E-state index in [4.69, 9.17) is 16.3 Å². The molecule has 170 valence electrons. The van der Waals surface area contributed by atoms with Crippen molar-refractivity contribution in [1.29, 1.82) is 0 Å². The summed E-state index contributed by atoms with van der Waals surface area (Å²) >= 11 is 5.77. The van der Waals surface area contributed by atoms with Crippen molar-refractivity contribution in [2.24, 2.45) is 0 Å². The van der Waals surface area contributed by atoms with Crippen LogP contribution in [0.5, 0.6) is 11.5 Å². The SMILES string of the molecule is COc1ccc(CNC(=O)c2cnn(-c3ccc(Cl)cc3)c2C(F)(F)F)cc1OC(F)F. The molecule has 1 N–H and O–H groups in total. The highest BCUT2D eigenvalue weighted by Gasteiger charge is 2.40. The average Bonchev–Trinajstić information content (AvgIpc) is 3.18. The monoisotopic (exact) mass is 475 g/mol. The molecule has 0 fully saturated rings. The van der Waals surface area contributed by atoms with Gasteiger partial charge in [-0.05, 0) is 42.0 Å². The number of methoxy groups -OCH3 is 1. The van der Waals surface area contributed by atoms with Crippen LogP contribution in [0.1, 0.15) is 21.6 Å². The van der Waals surface area contributed by atoms with E-state index in [0.717, 1.165) is 6.20 Å². The number of aromatic nitrogens is 2. The normalized spacial score (nSPS) is 11.5. The summed E-state index contributed by atoms with van der Waals surface area (Å²) in [6.45, 7) is -3.37. The summed E-state index contributed by atoms with van der Waals surface area (Å²) in [5, 5.41) is 6.34. The Morgan fingerprint density at radius 2 is 1.84 bits per heavy atom. The molecule has 0 aliphatic heterocycles. The largest absolute Gasteiger partial charge is 0.493 e. The van der Waals surface area contributed by atoms with E-state index >= 15 is 0 Å². The van der Waals surface area contributed by atoms with Crippen LogP contribution in [0.3, 0.4) is 0 Å². The Morgan fingerprint density at radius 3 is 2.44 bits per heavy atom. The number of amides is 1. The van der Waals surface area contributed by atoms with Crippen LogP contribution in [0.2, 0.25) is 5.02 Å². The van der Waals surface area contributed by atoms with Gasteiger partial charge in [-0.1, -0.05) is 17.7 Å². The maximum atomic E-state index is 13.7. The van der Waals surface area contributed by atoms with E-state index in [-0.39, 0.29) is 23.7 Å². The number of hydrogen-bond donors (Lipinski definition) is 1. The number of ether oxygens (including phenoxy) is 2. The third kappa shape index (κ3) is 5.28. The molecule has 1 amide bonds. The summed E-state index contributed by atoms with van der Waals surface area (Å²) in [7, 11) is 1.26. The molecule has 3 aromatic rings. The van der Waals surface area contributed by atoms with Crippen LogP contribution in [0.25, 0.3) is 5.69 Å². The van der Waals surface area contributed by atoms with E-state index in [9.17, 15) is 26.7 Å². The van der Waals surface area contributed by atoms with E-state index in [1.807, 2.05) is 0 Å². The second-order valence-electron chi connectivity index (χ2n) is 6.34. The van der Waals surface area contributed by atoms with Gasteiger partial charge in [0.15, 0.2) is 17.2 Å². The molecule has 0 aliphatic carbocycles. The number of carbonyl (C=O) groups is 1. The summed E-state index contributed by atoms with van der Waals surface area (Å²) in [5.41, 5.74) is -1.61. The molecule has 32 heavy (non-hydrogen) atoms. The van der Waals surface area contributed by atoms with Crippen LogP contribution in [-0.2, 0) is 12.7 Å². The molecule has 0 atom stereocenters. The van der Waals surface area contributed by atoms with Crippen molar-refractivity contribution in [2.45, 2.75) is 19.3 Å². The highest BCUT2D eigenvalue weighted by molar-refractivity contribution is 6.30. The zero-order valence-electron chi connectivity index (χ0n) is 16.3. The fourth-order valence-electron chi connectivity index (χ4n) is 2.86. The number of rotatable bonds is 7. The van der Waals surface area contributed by atoms with E-state index in [1.165, 1.54) is 49.6 Å². The third-order valence-electron chi connectivity index (χ3n) is 4.25. The molecule has 0 saturated heterocycles. The van der Waals surface area contributed by atoms with Crippen molar-refractivity contribution < 1.29 is 36.2 Å². The fourth-order valence-corrected chi connectivity index (χ4v) is 2.99. The predicted octanol–water partition coefficient (Wildman–Crippen LogP) is 5.08. The van der Waals surface area contributed by atoms with Crippen LogP contribution >= 0.6 is 11.6 Å². The van der Waals surface area contributed by atoms with E-state index in [2.05, 4.69) is 15.2 Å². The van der Waals surface area contributed by atoms with Gasteiger partial charge in [0.1, 0.15) is 0 Å². The molecule has 3 rings (SSSR count). The molecular formula is C20H15ClF5N3O3. The zero-order valence-corrected chi connectivity index (χ0v) is 17.0. The lowest BCUT2D eigenvalue weighted by Crippen LogP contribution is -2.26. The third-order valence-corrected chi connectivity index (χ3v) is 4.50. The Hall–Kier alpha value is -3.34. The molecule has 6 nitrogen and oxygen atoms in total. The lowest BCUT2D eigenvalue weighted by atomic mass is 10.1. The molecule has 0 unspecified atom stereocenters. The molecule has 0 saturated carbocycles.